The first-order chi connectivity index (χ1) is 3.81. The van der Waals surface area contributed by atoms with Gasteiger partial charge in [-0.05, 0) is 13.8 Å². The van der Waals surface area contributed by atoms with Crippen molar-refractivity contribution in [2.24, 2.45) is 0 Å². The molecule has 0 spiro atoms. The smallest absolute Gasteiger partial charge is 1.00 e. The van der Waals surface area contributed by atoms with Gasteiger partial charge in [0.15, 0.2) is 0 Å². The SMILES string of the molecule is [Br-].[CH2-]C(OCC)OCC.[Mg+2]. The van der Waals surface area contributed by atoms with Crippen molar-refractivity contribution < 1.29 is 26.5 Å². The third kappa shape index (κ3) is 11.9. The van der Waals surface area contributed by atoms with E-state index in [-0.39, 0.29) is 46.3 Å². The Morgan fingerprint density at radius 2 is 1.50 bits per heavy atom. The average Bonchev–Trinajstić information content (AvgIpc) is 1.68. The fourth-order valence-corrected chi connectivity index (χ4v) is 0.420. The van der Waals surface area contributed by atoms with E-state index in [0.717, 1.165) is 0 Å². The van der Waals surface area contributed by atoms with Gasteiger partial charge in [0.05, 0.1) is 0 Å². The number of hydrogen-bond acceptors (Lipinski definition) is 2. The molecule has 0 saturated heterocycles. The molecule has 10 heavy (non-hydrogen) atoms. The van der Waals surface area contributed by atoms with Crippen molar-refractivity contribution in [1.29, 1.82) is 0 Å². The number of halogens is 1. The molecule has 0 aliphatic carbocycles. The van der Waals surface area contributed by atoms with Gasteiger partial charge >= 0.3 is 23.1 Å². The van der Waals surface area contributed by atoms with Gasteiger partial charge in [-0.3, -0.25) is 6.92 Å². The second-order valence-corrected chi connectivity index (χ2v) is 1.34. The van der Waals surface area contributed by atoms with E-state index in [0.29, 0.717) is 13.2 Å². The topological polar surface area (TPSA) is 18.5 Å². The third-order valence-electron chi connectivity index (χ3n) is 0.705. The molecule has 4 heteroatoms. The van der Waals surface area contributed by atoms with E-state index in [2.05, 4.69) is 6.92 Å². The van der Waals surface area contributed by atoms with Gasteiger partial charge in [-0.15, -0.1) is 0 Å². The summed E-state index contributed by atoms with van der Waals surface area (Å²) in [5.41, 5.74) is 0. The van der Waals surface area contributed by atoms with Crippen LogP contribution in [0.25, 0.3) is 0 Å². The van der Waals surface area contributed by atoms with Crippen LogP contribution in [-0.4, -0.2) is 42.6 Å². The van der Waals surface area contributed by atoms with Crippen molar-refractivity contribution in [3.63, 3.8) is 0 Å². The minimum absolute atomic E-state index is 0. The molecule has 0 unspecified atom stereocenters. The molecule has 0 amide bonds. The molecule has 0 saturated carbocycles. The van der Waals surface area contributed by atoms with Gasteiger partial charge < -0.3 is 26.5 Å². The molecular weight excluding hydrogens is 208 g/mol. The molecule has 2 nitrogen and oxygen atoms in total. The zero-order chi connectivity index (χ0) is 6.41. The first-order valence-corrected chi connectivity index (χ1v) is 2.87. The minimum Gasteiger partial charge on any atom is -1.00 e. The van der Waals surface area contributed by atoms with Crippen LogP contribution in [0, 0.1) is 6.92 Å². The summed E-state index contributed by atoms with van der Waals surface area (Å²) in [7, 11) is 0. The van der Waals surface area contributed by atoms with E-state index in [4.69, 9.17) is 9.47 Å². The van der Waals surface area contributed by atoms with Crippen molar-refractivity contribution in [3.05, 3.63) is 6.92 Å². The first-order valence-electron chi connectivity index (χ1n) is 2.87. The second kappa shape index (κ2) is 12.8. The molecule has 0 aromatic carbocycles. The standard InChI is InChI=1S/C6H13O2.BrH.Mg/c1-4-7-6(3)8-5-2;;/h6H,3-5H2,1-2H3;1H;/q-1;;+2/p-1. The first kappa shape index (κ1) is 17.3. The normalized spacial score (nSPS) is 8.40. The van der Waals surface area contributed by atoms with Gasteiger partial charge in [-0.1, -0.05) is 0 Å². The summed E-state index contributed by atoms with van der Waals surface area (Å²) in [6.45, 7) is 8.72. The number of hydrogen-bond donors (Lipinski definition) is 0. The van der Waals surface area contributed by atoms with Gasteiger partial charge in [0, 0.05) is 19.5 Å². The fraction of sp³-hybridized carbons (Fsp3) is 0.833. The monoisotopic (exact) mass is 220 g/mol. The van der Waals surface area contributed by atoms with Gasteiger partial charge in [0.25, 0.3) is 0 Å². The molecule has 0 atom stereocenters. The summed E-state index contributed by atoms with van der Waals surface area (Å²) in [6, 6.07) is 0. The van der Waals surface area contributed by atoms with E-state index in [1.807, 2.05) is 13.8 Å². The summed E-state index contributed by atoms with van der Waals surface area (Å²) >= 11 is 0. The molecule has 0 aliphatic rings. The maximum absolute atomic E-state index is 4.95. The Kier molecular flexibility index (Phi) is 22.2. The molecule has 0 fully saturated rings. The van der Waals surface area contributed by atoms with Gasteiger partial charge in [-0.25, -0.2) is 0 Å². The molecule has 0 aromatic heterocycles. The molecule has 0 rings (SSSR count). The van der Waals surface area contributed by atoms with Gasteiger partial charge in [0.2, 0.25) is 0 Å². The Morgan fingerprint density at radius 3 is 1.70 bits per heavy atom. The Bertz CT molecular complexity index is 49.0. The predicted octanol–water partition coefficient (Wildman–Crippen LogP) is -2.16. The molecule has 0 bridgehead atoms. The van der Waals surface area contributed by atoms with Crippen LogP contribution in [0.1, 0.15) is 13.8 Å². The molecule has 58 valence electrons. The maximum Gasteiger partial charge on any atom is 2.00 e. The largest absolute Gasteiger partial charge is 2.00 e. The predicted molar refractivity (Wildman–Crippen MR) is 38.2 cm³/mol. The van der Waals surface area contributed by atoms with Crippen LogP contribution < -0.4 is 17.0 Å². The zero-order valence-electron chi connectivity index (χ0n) is 6.60. The average molecular weight is 221 g/mol. The molecule has 0 aromatic rings. The van der Waals surface area contributed by atoms with E-state index < -0.39 is 0 Å². The van der Waals surface area contributed by atoms with Crippen LogP contribution in [0.2, 0.25) is 0 Å². The van der Waals surface area contributed by atoms with Crippen molar-refractivity contribution in [1.82, 2.24) is 0 Å². The van der Waals surface area contributed by atoms with Crippen LogP contribution in [0.4, 0.5) is 0 Å². The maximum atomic E-state index is 4.95. The molecule has 0 heterocycles. The van der Waals surface area contributed by atoms with Crippen molar-refractivity contribution in [3.8, 4) is 0 Å². The van der Waals surface area contributed by atoms with Gasteiger partial charge in [-0.2, -0.15) is 0 Å². The van der Waals surface area contributed by atoms with Crippen LogP contribution in [-0.2, 0) is 9.47 Å². The quantitative estimate of drug-likeness (QED) is 0.306. The third-order valence-corrected chi connectivity index (χ3v) is 0.705. The molecular formula is C6H13BrMgO2. The fourth-order valence-electron chi connectivity index (χ4n) is 0.420. The second-order valence-electron chi connectivity index (χ2n) is 1.34. The molecule has 0 N–H and O–H groups in total. The van der Waals surface area contributed by atoms with Gasteiger partial charge in [0.1, 0.15) is 0 Å². The Morgan fingerprint density at radius 1 is 1.20 bits per heavy atom. The van der Waals surface area contributed by atoms with Crippen LogP contribution in [0.3, 0.4) is 0 Å². The van der Waals surface area contributed by atoms with Crippen LogP contribution >= 0.6 is 0 Å². The van der Waals surface area contributed by atoms with Crippen LogP contribution in [0.15, 0.2) is 0 Å². The summed E-state index contributed by atoms with van der Waals surface area (Å²) in [5.74, 6) is 0. The van der Waals surface area contributed by atoms with E-state index in [1.54, 1.807) is 0 Å². The van der Waals surface area contributed by atoms with E-state index in [9.17, 15) is 0 Å². The molecule has 0 aliphatic heterocycles. The zero-order valence-corrected chi connectivity index (χ0v) is 9.60. The Hall–Kier alpha value is 1.17. The van der Waals surface area contributed by atoms with E-state index >= 15 is 0 Å². The minimum atomic E-state index is -0.287. The van der Waals surface area contributed by atoms with Crippen LogP contribution in [0.5, 0.6) is 0 Å². The summed E-state index contributed by atoms with van der Waals surface area (Å²) < 4.78 is 9.90. The summed E-state index contributed by atoms with van der Waals surface area (Å²) in [5, 5.41) is 0. The molecule has 0 radical (unpaired) electrons. The summed E-state index contributed by atoms with van der Waals surface area (Å²) in [4.78, 5) is 0. The number of rotatable bonds is 4. The van der Waals surface area contributed by atoms with E-state index in [1.165, 1.54) is 0 Å². The number of ether oxygens (including phenoxy) is 2. The van der Waals surface area contributed by atoms with Crippen molar-refractivity contribution >= 4 is 23.1 Å². The Labute approximate surface area is 89.6 Å². The van der Waals surface area contributed by atoms with Crippen molar-refractivity contribution in [2.45, 2.75) is 20.1 Å². The summed E-state index contributed by atoms with van der Waals surface area (Å²) in [6.07, 6.45) is -0.287. The van der Waals surface area contributed by atoms with Crippen molar-refractivity contribution in [2.75, 3.05) is 13.2 Å². The Balaban J connectivity index is -0.000000245.